The maximum atomic E-state index is 12.5. The van der Waals surface area contributed by atoms with Crippen LogP contribution in [0.25, 0.3) is 5.88 Å². The molecule has 5 heteroatoms. The molecule has 2 aromatic rings. The fraction of sp³-hybridized carbons (Fsp3) is 0.222. The van der Waals surface area contributed by atoms with E-state index in [4.69, 9.17) is 4.74 Å². The van der Waals surface area contributed by atoms with Gasteiger partial charge in [-0.2, -0.15) is 5.26 Å². The fourth-order valence-electron chi connectivity index (χ4n) is 3.22. The van der Waals surface area contributed by atoms with Gasteiger partial charge in [0, 0.05) is 35.7 Å². The topological polar surface area (TPSA) is 55.0 Å². The van der Waals surface area contributed by atoms with Gasteiger partial charge in [0.05, 0.1) is 5.92 Å². The SMILES string of the molecule is N#CC1=C(n2cccc2)OC2=C(C(=O)CCC2)[C@@H]1c1cccs1. The second-order valence-electron chi connectivity index (χ2n) is 5.59. The van der Waals surface area contributed by atoms with Crippen molar-refractivity contribution < 1.29 is 9.53 Å². The van der Waals surface area contributed by atoms with Crippen molar-refractivity contribution in [3.63, 3.8) is 0 Å². The van der Waals surface area contributed by atoms with Crippen molar-refractivity contribution in [2.45, 2.75) is 25.2 Å². The van der Waals surface area contributed by atoms with Gasteiger partial charge in [0.1, 0.15) is 17.4 Å². The lowest BCUT2D eigenvalue weighted by Gasteiger charge is -2.31. The van der Waals surface area contributed by atoms with Crippen LogP contribution in [0.4, 0.5) is 0 Å². The van der Waals surface area contributed by atoms with Crippen molar-refractivity contribution in [3.05, 3.63) is 63.8 Å². The number of rotatable bonds is 2. The van der Waals surface area contributed by atoms with Gasteiger partial charge in [-0.3, -0.25) is 9.36 Å². The molecule has 1 aliphatic carbocycles. The molecule has 0 fully saturated rings. The number of nitriles is 1. The van der Waals surface area contributed by atoms with Gasteiger partial charge in [-0.05, 0) is 30.0 Å². The van der Waals surface area contributed by atoms with Crippen LogP contribution in [0.2, 0.25) is 0 Å². The zero-order chi connectivity index (χ0) is 15.8. The molecule has 0 saturated carbocycles. The van der Waals surface area contributed by atoms with Gasteiger partial charge < -0.3 is 4.74 Å². The van der Waals surface area contributed by atoms with Crippen molar-refractivity contribution in [3.8, 4) is 6.07 Å². The lowest BCUT2D eigenvalue weighted by Crippen LogP contribution is -2.25. The van der Waals surface area contributed by atoms with Gasteiger partial charge in [-0.1, -0.05) is 6.07 Å². The molecular formula is C18H14N2O2S. The Morgan fingerprint density at radius 2 is 2.09 bits per heavy atom. The highest BCUT2D eigenvalue weighted by molar-refractivity contribution is 7.10. The highest BCUT2D eigenvalue weighted by atomic mass is 32.1. The number of thiophene rings is 1. The smallest absolute Gasteiger partial charge is 0.218 e. The third-order valence-corrected chi connectivity index (χ3v) is 5.16. The molecule has 1 aliphatic heterocycles. The fourth-order valence-corrected chi connectivity index (χ4v) is 4.06. The molecule has 23 heavy (non-hydrogen) atoms. The van der Waals surface area contributed by atoms with Gasteiger partial charge in [0.2, 0.25) is 5.88 Å². The number of carbonyl (C=O) groups is 1. The van der Waals surface area contributed by atoms with Crippen molar-refractivity contribution >= 4 is 23.0 Å². The monoisotopic (exact) mass is 322 g/mol. The standard InChI is InChI=1S/C18H14N2O2S/c19-11-12-16(15-7-4-10-23-15)17-13(21)5-3-6-14(17)22-18(12)20-8-1-2-9-20/h1-2,4,7-10,16H,3,5-6H2/t16-/m0/s1. The molecule has 0 saturated heterocycles. The molecular weight excluding hydrogens is 308 g/mol. The number of hydrogen-bond acceptors (Lipinski definition) is 4. The van der Waals surface area contributed by atoms with Gasteiger partial charge >= 0.3 is 0 Å². The summed E-state index contributed by atoms with van der Waals surface area (Å²) >= 11 is 1.57. The number of nitrogens with zero attached hydrogens (tertiary/aromatic N) is 2. The molecule has 2 aromatic heterocycles. The van der Waals surface area contributed by atoms with Gasteiger partial charge in [0.15, 0.2) is 5.78 Å². The van der Waals surface area contributed by atoms with E-state index in [2.05, 4.69) is 6.07 Å². The molecule has 4 rings (SSSR count). The first-order chi connectivity index (χ1) is 11.3. The van der Waals surface area contributed by atoms with Crippen molar-refractivity contribution in [2.75, 3.05) is 0 Å². The Labute approximate surface area is 137 Å². The molecule has 0 amide bonds. The van der Waals surface area contributed by atoms with E-state index in [1.807, 2.05) is 46.6 Å². The first kappa shape index (κ1) is 14.0. The van der Waals surface area contributed by atoms with E-state index in [-0.39, 0.29) is 11.7 Å². The van der Waals surface area contributed by atoms with Crippen LogP contribution in [0.1, 0.15) is 30.1 Å². The molecule has 0 unspecified atom stereocenters. The Morgan fingerprint density at radius 1 is 1.26 bits per heavy atom. The predicted molar refractivity (Wildman–Crippen MR) is 87.3 cm³/mol. The van der Waals surface area contributed by atoms with Gasteiger partial charge in [-0.15, -0.1) is 11.3 Å². The van der Waals surface area contributed by atoms with Crippen LogP contribution in [0.5, 0.6) is 0 Å². The van der Waals surface area contributed by atoms with E-state index in [1.165, 1.54) is 0 Å². The van der Waals surface area contributed by atoms with Crippen LogP contribution >= 0.6 is 11.3 Å². The number of allylic oxidation sites excluding steroid dienone is 3. The Morgan fingerprint density at radius 3 is 2.78 bits per heavy atom. The Hall–Kier alpha value is -2.58. The largest absolute Gasteiger partial charge is 0.443 e. The van der Waals surface area contributed by atoms with E-state index in [0.29, 0.717) is 23.5 Å². The van der Waals surface area contributed by atoms with Crippen LogP contribution in [-0.4, -0.2) is 10.4 Å². The molecule has 2 aliphatic rings. The molecule has 0 radical (unpaired) electrons. The average Bonchev–Trinajstić information content (AvgIpc) is 3.27. The minimum absolute atomic E-state index is 0.101. The first-order valence-corrected chi connectivity index (χ1v) is 8.42. The van der Waals surface area contributed by atoms with Crippen LogP contribution in [0.15, 0.2) is 58.9 Å². The van der Waals surface area contributed by atoms with Gasteiger partial charge in [0.25, 0.3) is 0 Å². The van der Waals surface area contributed by atoms with E-state index < -0.39 is 0 Å². The molecule has 0 aromatic carbocycles. The number of Topliss-reactive ketones (excluding diaryl/α,β-unsaturated/α-hetero) is 1. The summed E-state index contributed by atoms with van der Waals surface area (Å²) in [6.07, 6.45) is 5.78. The number of ether oxygens (including phenoxy) is 1. The molecule has 3 heterocycles. The lowest BCUT2D eigenvalue weighted by atomic mass is 9.80. The highest BCUT2D eigenvalue weighted by Gasteiger charge is 2.39. The Kier molecular flexibility index (Phi) is 3.40. The highest BCUT2D eigenvalue weighted by Crippen LogP contribution is 2.46. The Balaban J connectivity index is 1.94. The normalized spacial score (nSPS) is 21.0. The second kappa shape index (κ2) is 5.56. The number of carbonyl (C=O) groups excluding carboxylic acids is 1. The van der Waals surface area contributed by atoms with E-state index in [0.717, 1.165) is 23.5 Å². The maximum absolute atomic E-state index is 12.5. The van der Waals surface area contributed by atoms with E-state index in [9.17, 15) is 10.1 Å². The van der Waals surface area contributed by atoms with Crippen molar-refractivity contribution in [1.82, 2.24) is 4.57 Å². The molecule has 0 spiro atoms. The summed E-state index contributed by atoms with van der Waals surface area (Å²) in [5, 5.41) is 11.8. The average molecular weight is 322 g/mol. The summed E-state index contributed by atoms with van der Waals surface area (Å²) in [7, 11) is 0. The third-order valence-electron chi connectivity index (χ3n) is 4.22. The summed E-state index contributed by atoms with van der Waals surface area (Å²) in [6, 6.07) is 10.0. The molecule has 1 atom stereocenters. The number of aromatic nitrogens is 1. The molecule has 0 bridgehead atoms. The summed E-state index contributed by atoms with van der Waals surface area (Å²) in [6.45, 7) is 0. The van der Waals surface area contributed by atoms with Crippen molar-refractivity contribution in [1.29, 1.82) is 5.26 Å². The van der Waals surface area contributed by atoms with Crippen LogP contribution in [0.3, 0.4) is 0 Å². The van der Waals surface area contributed by atoms with Crippen LogP contribution in [-0.2, 0) is 9.53 Å². The summed E-state index contributed by atoms with van der Waals surface area (Å²) in [4.78, 5) is 13.5. The van der Waals surface area contributed by atoms with E-state index >= 15 is 0 Å². The van der Waals surface area contributed by atoms with Crippen LogP contribution < -0.4 is 0 Å². The summed E-state index contributed by atoms with van der Waals surface area (Å²) in [5.74, 6) is 1.03. The number of hydrogen-bond donors (Lipinski definition) is 0. The zero-order valence-electron chi connectivity index (χ0n) is 12.4. The summed E-state index contributed by atoms with van der Waals surface area (Å²) < 4.78 is 7.83. The third kappa shape index (κ3) is 2.23. The zero-order valence-corrected chi connectivity index (χ0v) is 13.2. The molecule has 0 N–H and O–H groups in total. The lowest BCUT2D eigenvalue weighted by molar-refractivity contribution is -0.116. The minimum atomic E-state index is -0.311. The molecule has 4 nitrogen and oxygen atoms in total. The van der Waals surface area contributed by atoms with Crippen LogP contribution in [0, 0.1) is 11.3 Å². The van der Waals surface area contributed by atoms with Gasteiger partial charge in [-0.25, -0.2) is 0 Å². The maximum Gasteiger partial charge on any atom is 0.218 e. The predicted octanol–water partition coefficient (Wildman–Crippen LogP) is 4.06. The van der Waals surface area contributed by atoms with Crippen molar-refractivity contribution in [2.24, 2.45) is 0 Å². The second-order valence-corrected chi connectivity index (χ2v) is 6.56. The summed E-state index contributed by atoms with van der Waals surface area (Å²) in [5.41, 5.74) is 1.17. The number of ketones is 1. The first-order valence-electron chi connectivity index (χ1n) is 7.54. The molecule has 114 valence electrons. The van der Waals surface area contributed by atoms with E-state index in [1.54, 1.807) is 11.3 Å². The quantitative estimate of drug-likeness (QED) is 0.837. The Bertz CT molecular complexity index is 851. The minimum Gasteiger partial charge on any atom is -0.443 e.